The summed E-state index contributed by atoms with van der Waals surface area (Å²) in [6.07, 6.45) is 11.1. The molecule has 0 spiro atoms. The highest BCUT2D eigenvalue weighted by atomic mass is 16.6. The van der Waals surface area contributed by atoms with Crippen LogP contribution in [0.1, 0.15) is 244 Å². The fraction of sp³-hybridized carbons (Fsp3) is 0.557. The Kier molecular flexibility index (Phi) is 36.2. The number of likely N-dealkylation sites (tertiary alicyclic amines) is 1. The van der Waals surface area contributed by atoms with E-state index in [-0.39, 0.29) is 33.4 Å². The maximum atomic E-state index is 6.03. The number of pyridine rings is 1. The van der Waals surface area contributed by atoms with Crippen LogP contribution in [0.3, 0.4) is 0 Å². The number of hydrogen-bond acceptors (Lipinski definition) is 8. The van der Waals surface area contributed by atoms with Crippen molar-refractivity contribution < 1.29 is 23.7 Å². The molecule has 2 aromatic heterocycles. The molecule has 1 unspecified atom stereocenters. The van der Waals surface area contributed by atoms with Crippen LogP contribution in [0.15, 0.2) is 182 Å². The Balaban J connectivity index is 0.000000296. The molecule has 1 atom stereocenters. The summed E-state index contributed by atoms with van der Waals surface area (Å²) in [4.78, 5) is 9.79. The number of piperidine rings is 1. The largest absolute Gasteiger partial charge is 0.379 e. The molecule has 2 fully saturated rings. The van der Waals surface area contributed by atoms with Crippen molar-refractivity contribution in [3.05, 3.63) is 221 Å². The van der Waals surface area contributed by atoms with E-state index in [0.717, 1.165) is 50.8 Å². The third kappa shape index (κ3) is 42.7. The zero-order chi connectivity index (χ0) is 72.6. The minimum Gasteiger partial charge on any atom is -0.379 e. The summed E-state index contributed by atoms with van der Waals surface area (Å²) < 4.78 is 28.1. The van der Waals surface area contributed by atoms with Gasteiger partial charge in [0.1, 0.15) is 0 Å². The van der Waals surface area contributed by atoms with Gasteiger partial charge >= 0.3 is 0 Å². The number of benzene rings is 5. The second-order valence-corrected chi connectivity index (χ2v) is 34.9. The first kappa shape index (κ1) is 85.5. The lowest BCUT2D eigenvalue weighted by molar-refractivity contribution is -0.0605. The number of H-pyrrole nitrogens is 1. The molecule has 0 bridgehead atoms. The molecule has 7 aromatic rings. The second-order valence-electron chi connectivity index (χ2n) is 34.9. The molecule has 97 heavy (non-hydrogen) atoms. The third-order valence-electron chi connectivity index (χ3n) is 14.9. The van der Waals surface area contributed by atoms with E-state index < -0.39 is 0 Å². The Morgan fingerprint density at radius 3 is 1.33 bits per heavy atom. The zero-order valence-corrected chi connectivity index (χ0v) is 65.7. The average molecular weight is 1330 g/mol. The Bertz CT molecular complexity index is 2920. The van der Waals surface area contributed by atoms with Gasteiger partial charge in [-0.1, -0.05) is 215 Å². The lowest BCUT2D eigenvalue weighted by Gasteiger charge is -2.35. The van der Waals surface area contributed by atoms with Gasteiger partial charge in [-0.15, -0.1) is 0 Å². The highest BCUT2D eigenvalue weighted by Gasteiger charge is 2.30. The predicted molar refractivity (Wildman–Crippen MR) is 415 cm³/mol. The molecule has 4 heterocycles. The first-order valence-corrected chi connectivity index (χ1v) is 36.0. The van der Waals surface area contributed by atoms with Crippen molar-refractivity contribution in [3.8, 4) is 11.1 Å². The molecule has 538 valence electrons. The van der Waals surface area contributed by atoms with E-state index in [1.54, 1.807) is 6.20 Å². The van der Waals surface area contributed by atoms with Crippen LogP contribution in [0, 0.1) is 16.7 Å². The smallest absolute Gasteiger partial charge is 0.0837 e. The van der Waals surface area contributed by atoms with Crippen LogP contribution in [-0.2, 0) is 55.4 Å². The number of ether oxygens (including phenoxy) is 5. The van der Waals surface area contributed by atoms with Crippen molar-refractivity contribution in [1.29, 1.82) is 0 Å². The van der Waals surface area contributed by atoms with Gasteiger partial charge in [0, 0.05) is 60.9 Å². The predicted octanol–water partition coefficient (Wildman–Crippen LogP) is 22.9. The molecule has 3 aliphatic rings. The summed E-state index contributed by atoms with van der Waals surface area (Å²) in [5, 5.41) is 3.44. The van der Waals surface area contributed by atoms with Crippen LogP contribution in [0.5, 0.6) is 0 Å². The molecule has 5 aromatic carbocycles. The van der Waals surface area contributed by atoms with Crippen molar-refractivity contribution in [1.82, 2.24) is 20.2 Å². The first-order chi connectivity index (χ1) is 45.0. The van der Waals surface area contributed by atoms with Gasteiger partial charge in [-0.05, 0) is 222 Å². The molecular weight excluding hydrogens is 1190 g/mol. The molecular formula is C88H136N4O5. The highest BCUT2D eigenvalue weighted by molar-refractivity contribution is 5.78. The van der Waals surface area contributed by atoms with Gasteiger partial charge < -0.3 is 34.0 Å². The molecule has 0 saturated carbocycles. The summed E-state index contributed by atoms with van der Waals surface area (Å²) in [6.45, 7) is 62.2. The third-order valence-corrected chi connectivity index (χ3v) is 14.9. The van der Waals surface area contributed by atoms with Crippen LogP contribution in [0.2, 0.25) is 0 Å². The SMILES string of the molecule is CC(C)(C)C.CC(C)(C)CC1CCN(Cc2ccccc2)CC1.CC(C)(C)NCc1ccccc1.CC(C)(C)OC1CCOC1.CC(C)(C)OCC1c2ccccc2-c2ccccc21.CC(C)(C)OCc1ccccc1.CC(C)(C)OCc1cccnc1.CC(C)(C)c1ccc[nH]1. The van der Waals surface area contributed by atoms with Crippen molar-refractivity contribution in [2.45, 2.75) is 270 Å². The van der Waals surface area contributed by atoms with E-state index in [1.165, 1.54) is 77.0 Å². The number of nitrogens with zero attached hydrogens (tertiary/aromatic N) is 2. The second kappa shape index (κ2) is 41.1. The van der Waals surface area contributed by atoms with Gasteiger partial charge in [0.25, 0.3) is 0 Å². The van der Waals surface area contributed by atoms with Crippen molar-refractivity contribution >= 4 is 0 Å². The van der Waals surface area contributed by atoms with E-state index >= 15 is 0 Å². The van der Waals surface area contributed by atoms with Crippen LogP contribution in [-0.4, -0.2) is 81.8 Å². The van der Waals surface area contributed by atoms with Crippen LogP contribution < -0.4 is 5.32 Å². The van der Waals surface area contributed by atoms with Gasteiger partial charge in [-0.25, -0.2) is 0 Å². The lowest BCUT2D eigenvalue weighted by Crippen LogP contribution is -2.34. The van der Waals surface area contributed by atoms with Crippen molar-refractivity contribution in [3.63, 3.8) is 0 Å². The van der Waals surface area contributed by atoms with Crippen LogP contribution in [0.25, 0.3) is 11.1 Å². The molecule has 0 radical (unpaired) electrons. The maximum absolute atomic E-state index is 6.03. The number of aromatic nitrogens is 2. The monoisotopic (exact) mass is 1330 g/mol. The van der Waals surface area contributed by atoms with E-state index in [9.17, 15) is 0 Å². The molecule has 2 N–H and O–H groups in total. The number of fused-ring (bicyclic) bond motifs is 3. The quantitative estimate of drug-likeness (QED) is 0.125. The van der Waals surface area contributed by atoms with Gasteiger partial charge in [-0.3, -0.25) is 9.88 Å². The summed E-state index contributed by atoms with van der Waals surface area (Å²) >= 11 is 0. The van der Waals surface area contributed by atoms with Gasteiger partial charge in [0.15, 0.2) is 0 Å². The number of nitrogens with one attached hydrogen (secondary N) is 2. The first-order valence-electron chi connectivity index (χ1n) is 36.0. The summed E-state index contributed by atoms with van der Waals surface area (Å²) in [7, 11) is 0. The Morgan fingerprint density at radius 2 is 0.938 bits per heavy atom. The minimum absolute atomic E-state index is 0.0155. The van der Waals surface area contributed by atoms with E-state index in [0.29, 0.717) is 36.1 Å². The standard InChI is InChI=1S/C18H20O.C17H27N.C11H17N.C11H16O.C10H15NO.C8H13N.C8H16O2.C5H12/c1-18(2,3)19-12-17-15-10-6-4-8-13(15)14-9-5-7-11-16(14)17;1-17(2,3)13-15-9-11-18(12-10-15)14-16-7-5-4-6-8-16;2*1-11(2,3)12-9-10-7-5-4-6-8-10;1-10(2,3)12-8-9-5-4-6-11-7-9;1-8(2,3)7-5-4-6-9-7;1-8(2,3)10-7-4-5-9-6-7;1-5(2,3)4/h4-11,17H,12H2,1-3H3;4-8,15H,9-14H2,1-3H3;4-8,12H,9H2,1-3H3;4-8H,9H2,1-3H3;4-7H,8H2,1-3H3;4-6,9H,1-3H3;7H,4-6H2,1-3H3;1-4H3. The topological polar surface area (TPSA) is 90.1 Å². The summed E-state index contributed by atoms with van der Waals surface area (Å²) in [6, 6.07) is 57.0. The van der Waals surface area contributed by atoms with Gasteiger partial charge in [-0.2, -0.15) is 0 Å². The lowest BCUT2D eigenvalue weighted by atomic mass is 9.80. The fourth-order valence-electron chi connectivity index (χ4n) is 10.4. The van der Waals surface area contributed by atoms with Crippen LogP contribution in [0.4, 0.5) is 0 Å². The van der Waals surface area contributed by atoms with E-state index in [2.05, 4.69) is 294 Å². The molecule has 10 rings (SSSR count). The highest BCUT2D eigenvalue weighted by Crippen LogP contribution is 2.45. The Labute approximate surface area is 593 Å². The maximum Gasteiger partial charge on any atom is 0.0837 e. The van der Waals surface area contributed by atoms with E-state index in [4.69, 9.17) is 23.7 Å². The van der Waals surface area contributed by atoms with Crippen molar-refractivity contribution in [2.24, 2.45) is 16.7 Å². The molecule has 2 aliphatic heterocycles. The average Bonchev–Trinajstić information content (AvgIpc) is 1.62. The molecule has 9 nitrogen and oxygen atoms in total. The minimum atomic E-state index is -0.0908. The normalized spacial score (nSPS) is 15.2. The molecule has 0 amide bonds. The van der Waals surface area contributed by atoms with Crippen molar-refractivity contribution in [2.75, 3.05) is 32.9 Å². The van der Waals surface area contributed by atoms with Crippen LogP contribution >= 0.6 is 0 Å². The summed E-state index contributed by atoms with van der Waals surface area (Å²) in [5.41, 5.74) is 13.2. The van der Waals surface area contributed by atoms with Gasteiger partial charge in [0.05, 0.1) is 54.9 Å². The Hall–Kier alpha value is -5.75. The fourth-order valence-corrected chi connectivity index (χ4v) is 10.4. The number of rotatable bonds is 12. The molecule has 2 saturated heterocycles. The molecule has 9 heteroatoms. The Morgan fingerprint density at radius 1 is 0.485 bits per heavy atom. The van der Waals surface area contributed by atoms with E-state index in [1.807, 2.05) is 75.6 Å². The molecule has 1 aliphatic carbocycles. The zero-order valence-electron chi connectivity index (χ0n) is 65.7. The number of hydrogen-bond donors (Lipinski definition) is 2. The summed E-state index contributed by atoms with van der Waals surface area (Å²) in [5.74, 6) is 1.31. The number of aromatic amines is 1. The van der Waals surface area contributed by atoms with Gasteiger partial charge in [0.2, 0.25) is 0 Å².